The van der Waals surface area contributed by atoms with Crippen molar-refractivity contribution in [2.75, 3.05) is 7.11 Å². The van der Waals surface area contributed by atoms with Crippen LogP contribution in [0, 0.1) is 11.6 Å². The molecule has 0 saturated heterocycles. The molecule has 3 aromatic rings. The van der Waals surface area contributed by atoms with Gasteiger partial charge in [-0.3, -0.25) is 4.57 Å². The summed E-state index contributed by atoms with van der Waals surface area (Å²) < 4.78 is 62.6. The van der Waals surface area contributed by atoms with Gasteiger partial charge in [0.2, 0.25) is 0 Å². The van der Waals surface area contributed by atoms with E-state index < -0.39 is 38.6 Å². The number of methoxy groups -OCH3 is 1. The van der Waals surface area contributed by atoms with E-state index in [4.69, 9.17) is 16.3 Å². The van der Waals surface area contributed by atoms with Crippen molar-refractivity contribution in [3.63, 3.8) is 0 Å². The molecule has 1 fully saturated rings. The molecule has 33 heavy (non-hydrogen) atoms. The fourth-order valence-corrected chi connectivity index (χ4v) is 5.29. The van der Waals surface area contributed by atoms with Crippen molar-refractivity contribution in [3.05, 3.63) is 64.7 Å². The van der Waals surface area contributed by atoms with Crippen LogP contribution in [0.1, 0.15) is 55.7 Å². The van der Waals surface area contributed by atoms with Crippen LogP contribution in [0.25, 0.3) is 5.69 Å². The maximum Gasteiger partial charge on any atom is 0.163 e. The Kier molecular flexibility index (Phi) is 6.73. The van der Waals surface area contributed by atoms with E-state index in [9.17, 15) is 17.2 Å². The lowest BCUT2D eigenvalue weighted by Crippen LogP contribution is -2.30. The molecule has 176 valence electrons. The third-order valence-corrected chi connectivity index (χ3v) is 8.09. The summed E-state index contributed by atoms with van der Waals surface area (Å²) in [4.78, 5) is 8.12. The van der Waals surface area contributed by atoms with Crippen LogP contribution in [0.4, 0.5) is 8.78 Å². The summed E-state index contributed by atoms with van der Waals surface area (Å²) in [6, 6.07) is 3.47. The molecule has 0 spiro atoms. The number of hydrogen-bond acceptors (Lipinski definition) is 7. The van der Waals surface area contributed by atoms with Crippen LogP contribution in [-0.2, 0) is 20.3 Å². The van der Waals surface area contributed by atoms with Crippen LogP contribution < -0.4 is 0 Å². The zero-order chi connectivity index (χ0) is 23.8. The second-order valence-corrected chi connectivity index (χ2v) is 10.7. The van der Waals surface area contributed by atoms with Crippen molar-refractivity contribution >= 4 is 21.4 Å². The number of para-hydroxylation sites is 1. The van der Waals surface area contributed by atoms with Gasteiger partial charge in [0.15, 0.2) is 21.5 Å². The highest BCUT2D eigenvalue weighted by atomic mass is 35.5. The minimum atomic E-state index is -3.95. The summed E-state index contributed by atoms with van der Waals surface area (Å²) in [5.74, 6) is -1.87. The standard InChI is InChI=1S/C21H22ClF2N5O3S/c1-12(19(32-2)20-25-9-14(22)10-26-20)33(30,31)11-17-27-28-21(13-5-3-6-13)29(17)18-15(23)7-4-8-16(18)24/h4,7-10,12-13,19H,3,5-6,11H2,1-2H3/t12-,19-/m0/s1. The first-order valence-corrected chi connectivity index (χ1v) is 12.4. The molecular formula is C21H22ClF2N5O3S. The summed E-state index contributed by atoms with van der Waals surface area (Å²) in [5.41, 5.74) is -0.383. The topological polar surface area (TPSA) is 99.9 Å². The van der Waals surface area contributed by atoms with Gasteiger partial charge in [-0.25, -0.2) is 27.2 Å². The zero-order valence-corrected chi connectivity index (χ0v) is 19.5. The van der Waals surface area contributed by atoms with Gasteiger partial charge < -0.3 is 4.74 Å². The normalized spacial score (nSPS) is 16.4. The van der Waals surface area contributed by atoms with Crippen LogP contribution in [0.2, 0.25) is 5.02 Å². The number of rotatable bonds is 8. The Labute approximate surface area is 194 Å². The molecule has 2 atom stereocenters. The molecule has 12 heteroatoms. The monoisotopic (exact) mass is 497 g/mol. The molecule has 0 radical (unpaired) electrons. The number of halogens is 3. The molecule has 1 aliphatic carbocycles. The van der Waals surface area contributed by atoms with Gasteiger partial charge in [-0.15, -0.1) is 10.2 Å². The summed E-state index contributed by atoms with van der Waals surface area (Å²) >= 11 is 5.82. The first-order valence-electron chi connectivity index (χ1n) is 10.3. The number of sulfone groups is 1. The van der Waals surface area contributed by atoms with Gasteiger partial charge in [0.25, 0.3) is 0 Å². The van der Waals surface area contributed by atoms with E-state index in [0.717, 1.165) is 31.4 Å². The molecule has 0 N–H and O–H groups in total. The van der Waals surface area contributed by atoms with Crippen LogP contribution >= 0.6 is 11.6 Å². The molecule has 0 unspecified atom stereocenters. The number of nitrogens with zero attached hydrogens (tertiary/aromatic N) is 5. The van der Waals surface area contributed by atoms with Crippen LogP contribution in [0.3, 0.4) is 0 Å². The lowest BCUT2D eigenvalue weighted by Gasteiger charge is -2.26. The molecule has 1 aliphatic rings. The minimum Gasteiger partial charge on any atom is -0.372 e. The maximum absolute atomic E-state index is 14.7. The zero-order valence-electron chi connectivity index (χ0n) is 18.0. The average molecular weight is 498 g/mol. The molecule has 2 heterocycles. The summed E-state index contributed by atoms with van der Waals surface area (Å²) in [7, 11) is -2.60. The molecule has 0 amide bonds. The van der Waals surface area contributed by atoms with Gasteiger partial charge in [0.05, 0.1) is 10.3 Å². The summed E-state index contributed by atoms with van der Waals surface area (Å²) in [5, 5.41) is 7.35. The van der Waals surface area contributed by atoms with Gasteiger partial charge >= 0.3 is 0 Å². The fourth-order valence-electron chi connectivity index (χ4n) is 3.78. The van der Waals surface area contributed by atoms with Gasteiger partial charge in [-0.1, -0.05) is 24.1 Å². The lowest BCUT2D eigenvalue weighted by atomic mass is 9.85. The second kappa shape index (κ2) is 9.40. The van der Waals surface area contributed by atoms with Crippen molar-refractivity contribution in [2.24, 2.45) is 0 Å². The minimum absolute atomic E-state index is 0.0421. The predicted octanol–water partition coefficient (Wildman–Crippen LogP) is 3.95. The molecule has 0 aliphatic heterocycles. The van der Waals surface area contributed by atoms with E-state index in [0.29, 0.717) is 10.8 Å². The molecular weight excluding hydrogens is 476 g/mol. The highest BCUT2D eigenvalue weighted by Gasteiger charge is 2.36. The number of aromatic nitrogens is 5. The van der Waals surface area contributed by atoms with Gasteiger partial charge in [-0.05, 0) is 31.9 Å². The molecule has 1 saturated carbocycles. The maximum atomic E-state index is 14.7. The van der Waals surface area contributed by atoms with E-state index in [1.807, 2.05) is 0 Å². The Hall–Kier alpha value is -2.50. The van der Waals surface area contributed by atoms with E-state index in [1.165, 1.54) is 37.1 Å². The number of hydrogen-bond donors (Lipinski definition) is 0. The molecule has 8 nitrogen and oxygen atoms in total. The highest BCUT2D eigenvalue weighted by Crippen LogP contribution is 2.38. The summed E-state index contributed by atoms with van der Waals surface area (Å²) in [6.45, 7) is 1.46. The van der Waals surface area contributed by atoms with Crippen molar-refractivity contribution < 1.29 is 21.9 Å². The third-order valence-electron chi connectivity index (χ3n) is 5.86. The summed E-state index contributed by atoms with van der Waals surface area (Å²) in [6.07, 6.45) is 4.24. The van der Waals surface area contributed by atoms with E-state index in [1.54, 1.807) is 0 Å². The quantitative estimate of drug-likeness (QED) is 0.464. The molecule has 1 aromatic carbocycles. The van der Waals surface area contributed by atoms with Crippen molar-refractivity contribution in [1.29, 1.82) is 0 Å². The Bertz CT molecular complexity index is 1230. The Balaban J connectivity index is 1.72. The second-order valence-electron chi connectivity index (χ2n) is 7.94. The van der Waals surface area contributed by atoms with Gasteiger partial charge in [0.1, 0.15) is 35.0 Å². The Morgan fingerprint density at radius 2 is 1.82 bits per heavy atom. The van der Waals surface area contributed by atoms with Crippen LogP contribution in [-0.4, -0.2) is 45.5 Å². The van der Waals surface area contributed by atoms with E-state index >= 15 is 0 Å². The van der Waals surface area contributed by atoms with Crippen molar-refractivity contribution in [2.45, 2.75) is 49.2 Å². The first-order chi connectivity index (χ1) is 15.7. The fraction of sp³-hybridized carbons (Fsp3) is 0.429. The first kappa shape index (κ1) is 23.7. The van der Waals surface area contributed by atoms with Gasteiger partial charge in [-0.2, -0.15) is 0 Å². The average Bonchev–Trinajstić information content (AvgIpc) is 3.10. The Morgan fingerprint density at radius 3 is 2.36 bits per heavy atom. The highest BCUT2D eigenvalue weighted by molar-refractivity contribution is 7.91. The SMILES string of the molecule is CO[C@H](c1ncc(Cl)cn1)[C@H](C)S(=O)(=O)Cc1nnc(C2CCC2)n1-c1c(F)cccc1F. The largest absolute Gasteiger partial charge is 0.372 e. The number of ether oxygens (including phenoxy) is 1. The predicted molar refractivity (Wildman–Crippen MR) is 117 cm³/mol. The van der Waals surface area contributed by atoms with Gasteiger partial charge in [0, 0.05) is 25.4 Å². The van der Waals surface area contributed by atoms with Crippen LogP contribution in [0.5, 0.6) is 0 Å². The van der Waals surface area contributed by atoms with Crippen molar-refractivity contribution in [1.82, 2.24) is 24.7 Å². The van der Waals surface area contributed by atoms with E-state index in [2.05, 4.69) is 20.2 Å². The Morgan fingerprint density at radius 1 is 1.18 bits per heavy atom. The number of benzene rings is 1. The smallest absolute Gasteiger partial charge is 0.163 e. The third kappa shape index (κ3) is 4.62. The van der Waals surface area contributed by atoms with E-state index in [-0.39, 0.29) is 23.3 Å². The lowest BCUT2D eigenvalue weighted by molar-refractivity contribution is 0.0948. The molecule has 4 rings (SSSR count). The molecule has 0 bridgehead atoms. The van der Waals surface area contributed by atoms with Crippen molar-refractivity contribution in [3.8, 4) is 5.69 Å². The molecule has 2 aromatic heterocycles. The van der Waals surface area contributed by atoms with Crippen LogP contribution in [0.15, 0.2) is 30.6 Å².